The van der Waals surface area contributed by atoms with Gasteiger partial charge in [0.15, 0.2) is 5.85 Å². The fourth-order valence-corrected chi connectivity index (χ4v) is 0.0758. The third-order valence-corrected chi connectivity index (χ3v) is 0.595. The molecule has 0 amide bonds. The number of hydrogen-bond donors (Lipinski definition) is 0. The van der Waals surface area contributed by atoms with Crippen LogP contribution in [-0.4, -0.2) is 18.7 Å². The Hall–Kier alpha value is 0.207. The van der Waals surface area contributed by atoms with E-state index in [-0.39, 0.29) is 18.9 Å². The molecule has 1 atom stereocenters. The Bertz CT molecular complexity index is 99.6. The van der Waals surface area contributed by atoms with Gasteiger partial charge in [0.1, 0.15) is 6.67 Å². The fourth-order valence-electron chi connectivity index (χ4n) is 0.0758. The van der Waals surface area contributed by atoms with Gasteiger partial charge < -0.3 is 5.11 Å². The maximum Gasteiger partial charge on any atom is 1.00 e. The number of hydrogen-bond acceptors (Lipinski definition) is 1. The van der Waals surface area contributed by atoms with E-state index in [0.717, 1.165) is 0 Å². The summed E-state index contributed by atoms with van der Waals surface area (Å²) in [6, 6.07) is 0. The van der Waals surface area contributed by atoms with Gasteiger partial charge in [0.25, 0.3) is 0 Å². The Balaban J connectivity index is 0. The zero-order chi connectivity index (χ0) is 7.71. The second kappa shape index (κ2) is 3.56. The first-order chi connectivity index (χ1) is 3.81. The summed E-state index contributed by atoms with van der Waals surface area (Å²) in [7, 11) is 0. The summed E-state index contributed by atoms with van der Waals surface area (Å²) in [4.78, 5) is 0. The van der Waals surface area contributed by atoms with Crippen molar-refractivity contribution >= 4 is 0 Å². The van der Waals surface area contributed by atoms with Crippen LogP contribution in [0.3, 0.4) is 0 Å². The van der Waals surface area contributed by atoms with Crippen LogP contribution >= 0.6 is 0 Å². The maximum absolute atomic E-state index is 11.3. The molecular weight excluding hydrogens is 154 g/mol. The predicted molar refractivity (Wildman–Crippen MR) is 15.9 cm³/mol. The average molecular weight is 156 g/mol. The van der Waals surface area contributed by atoms with Crippen LogP contribution < -0.4 is 24.0 Å². The summed E-state index contributed by atoms with van der Waals surface area (Å²) in [5, 5.41) is 9.33. The van der Waals surface area contributed by atoms with Crippen molar-refractivity contribution in [3.8, 4) is 0 Å². The molecule has 0 aliphatic heterocycles. The number of halogens is 5. The average Bonchev–Trinajstić information content (AvgIpc) is 1.64. The molecule has 0 saturated carbocycles. The van der Waals surface area contributed by atoms with Gasteiger partial charge in [0.2, 0.25) is 0 Å². The van der Waals surface area contributed by atoms with Crippen LogP contribution in [0.2, 0.25) is 0 Å². The van der Waals surface area contributed by atoms with Crippen molar-refractivity contribution in [2.45, 2.75) is 12.0 Å². The van der Waals surface area contributed by atoms with E-state index < -0.39 is 18.7 Å². The summed E-state index contributed by atoms with van der Waals surface area (Å²) < 4.78 is 54.8. The molecule has 0 fully saturated rings. The topological polar surface area (TPSA) is 23.1 Å². The van der Waals surface area contributed by atoms with Gasteiger partial charge >= 0.3 is 25.0 Å². The van der Waals surface area contributed by atoms with E-state index in [9.17, 15) is 27.1 Å². The van der Waals surface area contributed by atoms with E-state index >= 15 is 0 Å². The Morgan fingerprint density at radius 3 is 1.40 bits per heavy atom. The summed E-state index contributed by atoms with van der Waals surface area (Å²) in [5.74, 6) is -4.94. The van der Waals surface area contributed by atoms with Gasteiger partial charge in [-0.3, -0.25) is 0 Å². The summed E-state index contributed by atoms with van der Waals surface area (Å²) in [5.41, 5.74) is 0. The minimum Gasteiger partial charge on any atom is -0.816 e. The molecule has 0 heterocycles. The molecule has 0 rings (SSSR count). The molecule has 0 bridgehead atoms. The molecule has 0 aliphatic rings. The number of alkyl halides is 5. The molecule has 1 nitrogen and oxygen atoms in total. The Labute approximate surface area is 65.4 Å². The van der Waals surface area contributed by atoms with Crippen LogP contribution in [0.5, 0.6) is 0 Å². The smallest absolute Gasteiger partial charge is 0.816 e. The molecule has 0 aromatic carbocycles. The second-order valence-corrected chi connectivity index (χ2v) is 1.36. The van der Waals surface area contributed by atoms with E-state index in [4.69, 9.17) is 0 Å². The molecule has 0 aliphatic carbocycles. The largest absolute Gasteiger partial charge is 1.00 e. The fraction of sp³-hybridized carbons (Fsp3) is 1.00. The predicted octanol–water partition coefficient (Wildman–Crippen LogP) is -2.45. The molecule has 0 aromatic heterocycles. The molecule has 1 unspecified atom stereocenters. The molecule has 0 radical (unpaired) electrons. The quantitative estimate of drug-likeness (QED) is 0.305. The molecule has 0 spiro atoms. The third kappa shape index (κ3) is 2.86. The van der Waals surface area contributed by atoms with Crippen LogP contribution in [0, 0.1) is 0 Å². The van der Waals surface area contributed by atoms with E-state index in [2.05, 4.69) is 0 Å². The van der Waals surface area contributed by atoms with E-state index in [0.29, 0.717) is 0 Å². The second-order valence-electron chi connectivity index (χ2n) is 1.36. The monoisotopic (exact) mass is 156 g/mol. The van der Waals surface area contributed by atoms with Crippen LogP contribution in [-0.2, 0) is 0 Å². The Morgan fingerprint density at radius 1 is 1.10 bits per heavy atom. The van der Waals surface area contributed by atoms with Crippen molar-refractivity contribution in [1.29, 1.82) is 0 Å². The zero-order valence-corrected chi connectivity index (χ0v) is 5.01. The van der Waals surface area contributed by atoms with Gasteiger partial charge in [-0.15, -0.1) is 0 Å². The Kier molecular flexibility index (Phi) is 4.57. The molecule has 0 N–H and O–H groups in total. The molecular formula is C3H2F5LiO. The third-order valence-electron chi connectivity index (χ3n) is 0.595. The van der Waals surface area contributed by atoms with Crippen molar-refractivity contribution in [2.24, 2.45) is 0 Å². The van der Waals surface area contributed by atoms with Crippen molar-refractivity contribution in [3.05, 3.63) is 0 Å². The first-order valence-corrected chi connectivity index (χ1v) is 1.83. The molecule has 0 saturated heterocycles. The summed E-state index contributed by atoms with van der Waals surface area (Å²) >= 11 is 0. The van der Waals surface area contributed by atoms with E-state index in [1.807, 2.05) is 0 Å². The van der Waals surface area contributed by atoms with Gasteiger partial charge in [-0.2, -0.15) is 13.2 Å². The SMILES string of the molecule is [Li+].[O-]C(F)(CF)C(F)(F)F. The van der Waals surface area contributed by atoms with Crippen molar-refractivity contribution in [3.63, 3.8) is 0 Å². The van der Waals surface area contributed by atoms with Gasteiger partial charge in [0, 0.05) is 0 Å². The zero-order valence-electron chi connectivity index (χ0n) is 5.01. The van der Waals surface area contributed by atoms with Gasteiger partial charge in [-0.1, -0.05) is 0 Å². The molecule has 56 valence electrons. The maximum atomic E-state index is 11.3. The van der Waals surface area contributed by atoms with Gasteiger partial charge in [0.05, 0.1) is 0 Å². The minimum atomic E-state index is -5.65. The summed E-state index contributed by atoms with van der Waals surface area (Å²) in [6.45, 7) is -2.59. The van der Waals surface area contributed by atoms with E-state index in [1.165, 1.54) is 0 Å². The Morgan fingerprint density at radius 2 is 1.40 bits per heavy atom. The van der Waals surface area contributed by atoms with Crippen LogP contribution in [0.15, 0.2) is 0 Å². The van der Waals surface area contributed by atoms with Crippen LogP contribution in [0.25, 0.3) is 0 Å². The molecule has 7 heteroatoms. The normalized spacial score (nSPS) is 17.4. The number of rotatable bonds is 1. The van der Waals surface area contributed by atoms with Gasteiger partial charge in [-0.05, 0) is 0 Å². The van der Waals surface area contributed by atoms with E-state index in [1.54, 1.807) is 0 Å². The van der Waals surface area contributed by atoms with Crippen LogP contribution in [0.4, 0.5) is 22.0 Å². The summed E-state index contributed by atoms with van der Waals surface area (Å²) in [6.07, 6.45) is -5.65. The first kappa shape index (κ1) is 12.8. The molecule has 0 aromatic rings. The van der Waals surface area contributed by atoms with Crippen molar-refractivity contribution < 1.29 is 45.9 Å². The minimum absolute atomic E-state index is 0. The van der Waals surface area contributed by atoms with Crippen molar-refractivity contribution in [1.82, 2.24) is 0 Å². The van der Waals surface area contributed by atoms with Crippen molar-refractivity contribution in [2.75, 3.05) is 6.67 Å². The standard InChI is InChI=1S/C3H2F5O.Li/c4-1-2(5,9)3(6,7)8;/h1H2;/q-1;+1. The first-order valence-electron chi connectivity index (χ1n) is 1.83. The van der Waals surface area contributed by atoms with Crippen LogP contribution in [0.1, 0.15) is 0 Å². The molecule has 10 heavy (non-hydrogen) atoms. The van der Waals surface area contributed by atoms with Gasteiger partial charge in [-0.25, -0.2) is 8.78 Å².